The predicted molar refractivity (Wildman–Crippen MR) is 47.8 cm³/mol. The number of aromatic nitrogens is 1. The predicted octanol–water partition coefficient (Wildman–Crippen LogP) is 2.93. The first kappa shape index (κ1) is 10.8. The van der Waals surface area contributed by atoms with Crippen molar-refractivity contribution in [2.45, 2.75) is 13.0 Å². The van der Waals surface area contributed by atoms with Gasteiger partial charge in [-0.05, 0) is 27.6 Å². The van der Waals surface area contributed by atoms with Gasteiger partial charge in [0.15, 0.2) is 0 Å². The molecule has 13 heavy (non-hydrogen) atoms. The fourth-order valence-corrected chi connectivity index (χ4v) is 1.55. The minimum Gasteiger partial charge on any atom is -0.392 e. The summed E-state index contributed by atoms with van der Waals surface area (Å²) in [6, 6.07) is 1.33. The average molecular weight is 272 g/mol. The maximum Gasteiger partial charge on any atom is 0.281 e. The summed E-state index contributed by atoms with van der Waals surface area (Å²) in [6.07, 6.45) is -2.71. The van der Waals surface area contributed by atoms with Gasteiger partial charge < -0.3 is 5.11 Å². The van der Waals surface area contributed by atoms with E-state index in [0.29, 0.717) is 5.56 Å². The van der Waals surface area contributed by atoms with Gasteiger partial charge in [-0.15, -0.1) is 0 Å². The van der Waals surface area contributed by atoms with E-state index in [-0.39, 0.29) is 16.2 Å². The highest BCUT2D eigenvalue weighted by Crippen LogP contribution is 2.30. The number of hydrogen-bond donors (Lipinski definition) is 1. The SMILES string of the molecule is OCc1cc(Cl)nc(C(F)F)c1Br. The topological polar surface area (TPSA) is 33.1 Å². The minimum atomic E-state index is -2.71. The molecule has 0 radical (unpaired) electrons. The van der Waals surface area contributed by atoms with Crippen LogP contribution in [-0.2, 0) is 6.61 Å². The molecule has 0 bridgehead atoms. The van der Waals surface area contributed by atoms with Gasteiger partial charge in [-0.1, -0.05) is 11.6 Å². The standard InChI is InChI=1S/C7H5BrClF2NO/c8-5-3(2-13)1-4(9)12-6(5)7(10)11/h1,7,13H,2H2. The lowest BCUT2D eigenvalue weighted by Crippen LogP contribution is -1.97. The Kier molecular flexibility index (Phi) is 3.58. The molecule has 0 aliphatic rings. The monoisotopic (exact) mass is 271 g/mol. The van der Waals surface area contributed by atoms with Crippen LogP contribution in [0.5, 0.6) is 0 Å². The fourth-order valence-electron chi connectivity index (χ4n) is 0.828. The Labute approximate surface area is 86.7 Å². The molecule has 1 rings (SSSR count). The van der Waals surface area contributed by atoms with Crippen LogP contribution in [0.25, 0.3) is 0 Å². The smallest absolute Gasteiger partial charge is 0.281 e. The third kappa shape index (κ3) is 2.36. The van der Waals surface area contributed by atoms with Crippen molar-refractivity contribution in [3.63, 3.8) is 0 Å². The van der Waals surface area contributed by atoms with Gasteiger partial charge >= 0.3 is 0 Å². The number of rotatable bonds is 2. The van der Waals surface area contributed by atoms with Gasteiger partial charge in [0, 0.05) is 0 Å². The van der Waals surface area contributed by atoms with Crippen molar-refractivity contribution >= 4 is 27.5 Å². The second-order valence-electron chi connectivity index (χ2n) is 2.26. The normalized spacial score (nSPS) is 10.9. The van der Waals surface area contributed by atoms with Crippen molar-refractivity contribution in [2.75, 3.05) is 0 Å². The summed E-state index contributed by atoms with van der Waals surface area (Å²) in [5.41, 5.74) is -0.146. The molecule has 1 N–H and O–H groups in total. The second kappa shape index (κ2) is 4.30. The van der Waals surface area contributed by atoms with Crippen LogP contribution >= 0.6 is 27.5 Å². The number of nitrogens with zero attached hydrogens (tertiary/aromatic N) is 1. The Morgan fingerprint density at radius 1 is 1.62 bits per heavy atom. The number of aliphatic hydroxyl groups excluding tert-OH is 1. The molecule has 1 aromatic heterocycles. The zero-order valence-corrected chi connectivity index (χ0v) is 8.61. The highest BCUT2D eigenvalue weighted by molar-refractivity contribution is 9.10. The lowest BCUT2D eigenvalue weighted by molar-refractivity contribution is 0.144. The van der Waals surface area contributed by atoms with Crippen molar-refractivity contribution in [1.29, 1.82) is 0 Å². The van der Waals surface area contributed by atoms with Crippen LogP contribution in [0.2, 0.25) is 5.15 Å². The molecule has 1 heterocycles. The molecule has 2 nitrogen and oxygen atoms in total. The molecule has 0 aliphatic carbocycles. The zero-order valence-electron chi connectivity index (χ0n) is 6.27. The first-order valence-electron chi connectivity index (χ1n) is 3.30. The van der Waals surface area contributed by atoms with Crippen LogP contribution in [0.4, 0.5) is 8.78 Å². The van der Waals surface area contributed by atoms with E-state index < -0.39 is 12.1 Å². The van der Waals surface area contributed by atoms with Crippen LogP contribution < -0.4 is 0 Å². The number of pyridine rings is 1. The lowest BCUT2D eigenvalue weighted by atomic mass is 10.2. The van der Waals surface area contributed by atoms with Crippen molar-refractivity contribution < 1.29 is 13.9 Å². The van der Waals surface area contributed by atoms with Gasteiger partial charge in [0.05, 0.1) is 11.1 Å². The Balaban J connectivity index is 3.27. The summed E-state index contributed by atoms with van der Waals surface area (Å²) >= 11 is 8.38. The van der Waals surface area contributed by atoms with E-state index in [4.69, 9.17) is 16.7 Å². The quantitative estimate of drug-likeness (QED) is 0.840. The minimum absolute atomic E-state index is 0.0532. The molecule has 0 saturated carbocycles. The molecule has 0 aromatic carbocycles. The van der Waals surface area contributed by atoms with Gasteiger partial charge in [0.1, 0.15) is 10.8 Å². The highest BCUT2D eigenvalue weighted by atomic mass is 79.9. The summed E-state index contributed by atoms with van der Waals surface area (Å²) in [7, 11) is 0. The summed E-state index contributed by atoms with van der Waals surface area (Å²) in [5, 5.41) is 8.73. The van der Waals surface area contributed by atoms with Crippen molar-refractivity contribution in [3.05, 3.63) is 26.9 Å². The molecule has 0 unspecified atom stereocenters. The van der Waals surface area contributed by atoms with E-state index in [0.717, 1.165) is 0 Å². The number of aliphatic hydroxyl groups is 1. The van der Waals surface area contributed by atoms with E-state index in [2.05, 4.69) is 20.9 Å². The molecule has 1 aromatic rings. The number of hydrogen-bond acceptors (Lipinski definition) is 2. The Morgan fingerprint density at radius 2 is 2.23 bits per heavy atom. The van der Waals surface area contributed by atoms with Crippen LogP contribution in [0, 0.1) is 0 Å². The molecular weight excluding hydrogens is 267 g/mol. The van der Waals surface area contributed by atoms with Crippen LogP contribution in [-0.4, -0.2) is 10.1 Å². The van der Waals surface area contributed by atoms with Gasteiger partial charge in [0.2, 0.25) is 0 Å². The Bertz CT molecular complexity index is 322. The molecular formula is C7H5BrClF2NO. The summed E-state index contributed by atoms with van der Waals surface area (Å²) in [5.74, 6) is 0. The lowest BCUT2D eigenvalue weighted by Gasteiger charge is -2.06. The molecule has 0 fully saturated rings. The van der Waals surface area contributed by atoms with E-state index >= 15 is 0 Å². The maximum absolute atomic E-state index is 12.3. The summed E-state index contributed by atoms with van der Waals surface area (Å²) < 4.78 is 24.7. The molecule has 0 aliphatic heterocycles. The van der Waals surface area contributed by atoms with Crippen molar-refractivity contribution in [1.82, 2.24) is 4.98 Å². The van der Waals surface area contributed by atoms with Gasteiger partial charge in [-0.2, -0.15) is 0 Å². The highest BCUT2D eigenvalue weighted by Gasteiger charge is 2.17. The second-order valence-corrected chi connectivity index (χ2v) is 3.44. The Morgan fingerprint density at radius 3 is 2.69 bits per heavy atom. The van der Waals surface area contributed by atoms with Crippen LogP contribution in [0.15, 0.2) is 10.5 Å². The van der Waals surface area contributed by atoms with E-state index in [9.17, 15) is 8.78 Å². The number of halogens is 4. The van der Waals surface area contributed by atoms with E-state index in [1.807, 2.05) is 0 Å². The molecule has 6 heteroatoms. The van der Waals surface area contributed by atoms with Gasteiger partial charge in [-0.3, -0.25) is 0 Å². The first-order valence-corrected chi connectivity index (χ1v) is 4.47. The van der Waals surface area contributed by atoms with E-state index in [1.54, 1.807) is 0 Å². The third-order valence-electron chi connectivity index (χ3n) is 1.40. The average Bonchev–Trinajstić information content (AvgIpc) is 2.08. The molecule has 0 atom stereocenters. The first-order chi connectivity index (χ1) is 6.06. The van der Waals surface area contributed by atoms with E-state index in [1.165, 1.54) is 6.07 Å². The van der Waals surface area contributed by atoms with Crippen LogP contribution in [0.1, 0.15) is 17.7 Å². The summed E-state index contributed by atoms with van der Waals surface area (Å²) in [6.45, 7) is -0.359. The molecule has 72 valence electrons. The zero-order chi connectivity index (χ0) is 10.0. The van der Waals surface area contributed by atoms with Crippen LogP contribution in [0.3, 0.4) is 0 Å². The number of alkyl halides is 2. The largest absolute Gasteiger partial charge is 0.392 e. The van der Waals surface area contributed by atoms with Crippen molar-refractivity contribution in [2.24, 2.45) is 0 Å². The third-order valence-corrected chi connectivity index (χ3v) is 2.51. The molecule has 0 saturated heterocycles. The summed E-state index contributed by atoms with van der Waals surface area (Å²) in [4.78, 5) is 3.44. The fraction of sp³-hybridized carbons (Fsp3) is 0.286. The molecule has 0 amide bonds. The van der Waals surface area contributed by atoms with Gasteiger partial charge in [-0.25, -0.2) is 13.8 Å². The molecule has 0 spiro atoms. The maximum atomic E-state index is 12.3. The van der Waals surface area contributed by atoms with Gasteiger partial charge in [0.25, 0.3) is 6.43 Å². The van der Waals surface area contributed by atoms with Crippen molar-refractivity contribution in [3.8, 4) is 0 Å². The Hall–Kier alpha value is -0.260.